The molecule has 3 nitrogen and oxygen atoms in total. The van der Waals surface area contributed by atoms with E-state index in [1.165, 1.54) is 6.92 Å². The molecule has 1 saturated heterocycles. The molecule has 1 rings (SSSR count). The molecule has 13 heavy (non-hydrogen) atoms. The van der Waals surface area contributed by atoms with Crippen LogP contribution < -0.4 is 0 Å². The molecule has 0 aliphatic carbocycles. The van der Waals surface area contributed by atoms with Gasteiger partial charge in [0.2, 0.25) is 0 Å². The number of hydrogen-bond acceptors (Lipinski definition) is 3. The van der Waals surface area contributed by atoms with Gasteiger partial charge in [0.15, 0.2) is 0 Å². The fourth-order valence-corrected chi connectivity index (χ4v) is 2.68. The van der Waals surface area contributed by atoms with Gasteiger partial charge in [-0.2, -0.15) is 0 Å². The van der Waals surface area contributed by atoms with Gasteiger partial charge in [-0.1, -0.05) is 0 Å². The summed E-state index contributed by atoms with van der Waals surface area (Å²) in [7, 11) is -0.876. The molecule has 4 heteroatoms. The fourth-order valence-electron chi connectivity index (χ4n) is 1.32. The van der Waals surface area contributed by atoms with E-state index >= 15 is 0 Å². The van der Waals surface area contributed by atoms with E-state index in [1.807, 2.05) is 0 Å². The van der Waals surface area contributed by atoms with Gasteiger partial charge in [-0.05, 0) is 19.8 Å². The Hall–Kier alpha value is -0.220. The SMILES string of the molecule is CC(=O)CCS(=O)CC1CCCO1. The van der Waals surface area contributed by atoms with Gasteiger partial charge >= 0.3 is 0 Å². The van der Waals surface area contributed by atoms with Crippen molar-refractivity contribution in [1.82, 2.24) is 0 Å². The van der Waals surface area contributed by atoms with Crippen molar-refractivity contribution < 1.29 is 13.7 Å². The molecule has 2 unspecified atom stereocenters. The van der Waals surface area contributed by atoms with E-state index in [0.29, 0.717) is 17.9 Å². The quantitative estimate of drug-likeness (QED) is 0.668. The average molecular weight is 204 g/mol. The molecule has 0 radical (unpaired) electrons. The zero-order valence-electron chi connectivity index (χ0n) is 7.95. The van der Waals surface area contributed by atoms with Crippen LogP contribution in [0.3, 0.4) is 0 Å². The van der Waals surface area contributed by atoms with Crippen molar-refractivity contribution >= 4 is 16.6 Å². The van der Waals surface area contributed by atoms with Crippen LogP contribution in [0.5, 0.6) is 0 Å². The number of Topliss-reactive ketones (excluding diaryl/α,β-unsaturated/α-hetero) is 1. The van der Waals surface area contributed by atoms with Crippen molar-refractivity contribution in [3.63, 3.8) is 0 Å². The third-order valence-electron chi connectivity index (χ3n) is 2.08. The Bertz CT molecular complexity index is 197. The van der Waals surface area contributed by atoms with Crippen LogP contribution in [0.25, 0.3) is 0 Å². The second-order valence-corrected chi connectivity index (χ2v) is 5.02. The molecular weight excluding hydrogens is 188 g/mol. The first kappa shape index (κ1) is 10.9. The van der Waals surface area contributed by atoms with E-state index in [0.717, 1.165) is 19.4 Å². The maximum atomic E-state index is 11.4. The van der Waals surface area contributed by atoms with Gasteiger partial charge in [-0.15, -0.1) is 0 Å². The lowest BCUT2D eigenvalue weighted by Crippen LogP contribution is -2.18. The number of ketones is 1. The molecule has 1 fully saturated rings. The summed E-state index contributed by atoms with van der Waals surface area (Å²) >= 11 is 0. The molecule has 0 spiro atoms. The third kappa shape index (κ3) is 4.52. The van der Waals surface area contributed by atoms with Gasteiger partial charge in [0.25, 0.3) is 0 Å². The highest BCUT2D eigenvalue weighted by atomic mass is 32.2. The number of carbonyl (C=O) groups is 1. The zero-order valence-corrected chi connectivity index (χ0v) is 8.77. The van der Waals surface area contributed by atoms with Crippen molar-refractivity contribution in [3.05, 3.63) is 0 Å². The van der Waals surface area contributed by atoms with Crippen LogP contribution in [0.2, 0.25) is 0 Å². The van der Waals surface area contributed by atoms with Gasteiger partial charge in [-0.25, -0.2) is 0 Å². The van der Waals surface area contributed by atoms with E-state index < -0.39 is 10.8 Å². The first-order valence-corrected chi connectivity index (χ1v) is 6.13. The maximum Gasteiger partial charge on any atom is 0.130 e. The van der Waals surface area contributed by atoms with Crippen molar-refractivity contribution in [1.29, 1.82) is 0 Å². The standard InChI is InChI=1S/C9H16O3S/c1-8(10)4-6-13(11)7-9-3-2-5-12-9/h9H,2-7H2,1H3. The first-order valence-electron chi connectivity index (χ1n) is 4.64. The summed E-state index contributed by atoms with van der Waals surface area (Å²) in [6.45, 7) is 2.33. The van der Waals surface area contributed by atoms with Crippen LogP contribution in [0, 0.1) is 0 Å². The lowest BCUT2D eigenvalue weighted by atomic mass is 10.3. The molecular formula is C9H16O3S. The van der Waals surface area contributed by atoms with Crippen LogP contribution in [0.15, 0.2) is 0 Å². The Morgan fingerprint density at radius 2 is 2.38 bits per heavy atom. The highest BCUT2D eigenvalue weighted by Gasteiger charge is 2.18. The highest BCUT2D eigenvalue weighted by molar-refractivity contribution is 7.85. The topological polar surface area (TPSA) is 43.4 Å². The Morgan fingerprint density at radius 1 is 1.62 bits per heavy atom. The van der Waals surface area contributed by atoms with Crippen molar-refractivity contribution in [3.8, 4) is 0 Å². The summed E-state index contributed by atoms with van der Waals surface area (Å²) in [6.07, 6.45) is 2.70. The fraction of sp³-hybridized carbons (Fsp3) is 0.889. The van der Waals surface area contributed by atoms with E-state index in [-0.39, 0.29) is 11.9 Å². The number of carbonyl (C=O) groups excluding carboxylic acids is 1. The zero-order chi connectivity index (χ0) is 9.68. The molecule has 0 amide bonds. The largest absolute Gasteiger partial charge is 0.377 e. The lowest BCUT2D eigenvalue weighted by molar-refractivity contribution is -0.116. The van der Waals surface area contributed by atoms with Crippen molar-refractivity contribution in [2.75, 3.05) is 18.1 Å². The molecule has 0 aromatic heterocycles. The molecule has 1 aliphatic rings. The number of ether oxygens (including phenoxy) is 1. The van der Waals surface area contributed by atoms with Crippen LogP contribution in [0.1, 0.15) is 26.2 Å². The molecule has 2 atom stereocenters. The van der Waals surface area contributed by atoms with Crippen LogP contribution in [-0.4, -0.2) is 34.2 Å². The van der Waals surface area contributed by atoms with Gasteiger partial charge in [0, 0.05) is 35.3 Å². The monoisotopic (exact) mass is 204 g/mol. The molecule has 0 bridgehead atoms. The number of rotatable bonds is 5. The smallest absolute Gasteiger partial charge is 0.130 e. The van der Waals surface area contributed by atoms with Gasteiger partial charge < -0.3 is 4.74 Å². The Kier molecular flexibility index (Phi) is 4.59. The van der Waals surface area contributed by atoms with E-state index in [4.69, 9.17) is 4.74 Å². The van der Waals surface area contributed by atoms with Gasteiger partial charge in [0.1, 0.15) is 5.78 Å². The summed E-state index contributed by atoms with van der Waals surface area (Å²) in [5, 5.41) is 0. The second-order valence-electron chi connectivity index (χ2n) is 3.40. The summed E-state index contributed by atoms with van der Waals surface area (Å²) in [6, 6.07) is 0. The summed E-state index contributed by atoms with van der Waals surface area (Å²) in [4.78, 5) is 10.6. The molecule has 1 aliphatic heterocycles. The minimum absolute atomic E-state index is 0.112. The number of hydrogen-bond donors (Lipinski definition) is 0. The van der Waals surface area contributed by atoms with Crippen LogP contribution in [-0.2, 0) is 20.3 Å². The minimum Gasteiger partial charge on any atom is -0.377 e. The maximum absolute atomic E-state index is 11.4. The predicted octanol–water partition coefficient (Wildman–Crippen LogP) is 0.893. The van der Waals surface area contributed by atoms with Crippen LogP contribution >= 0.6 is 0 Å². The Labute approximate surface area is 81.3 Å². The van der Waals surface area contributed by atoms with E-state index in [1.54, 1.807) is 0 Å². The lowest BCUT2D eigenvalue weighted by Gasteiger charge is -2.07. The minimum atomic E-state index is -0.876. The molecule has 0 N–H and O–H groups in total. The Morgan fingerprint density at radius 3 is 2.92 bits per heavy atom. The average Bonchev–Trinajstić information content (AvgIpc) is 2.53. The van der Waals surface area contributed by atoms with Crippen LogP contribution in [0.4, 0.5) is 0 Å². The van der Waals surface area contributed by atoms with Gasteiger partial charge in [0.05, 0.1) is 6.10 Å². The summed E-state index contributed by atoms with van der Waals surface area (Å²) in [5.74, 6) is 1.21. The second kappa shape index (κ2) is 5.50. The molecule has 76 valence electrons. The van der Waals surface area contributed by atoms with Crippen molar-refractivity contribution in [2.24, 2.45) is 0 Å². The molecule has 0 saturated carbocycles. The van der Waals surface area contributed by atoms with E-state index in [2.05, 4.69) is 0 Å². The molecule has 1 heterocycles. The summed E-state index contributed by atoms with van der Waals surface area (Å²) < 4.78 is 16.7. The molecule has 0 aromatic rings. The third-order valence-corrected chi connectivity index (χ3v) is 3.48. The normalized spacial score (nSPS) is 24.5. The van der Waals surface area contributed by atoms with Crippen molar-refractivity contribution in [2.45, 2.75) is 32.3 Å². The molecule has 0 aromatic carbocycles. The van der Waals surface area contributed by atoms with Gasteiger partial charge in [-0.3, -0.25) is 9.00 Å². The highest BCUT2D eigenvalue weighted by Crippen LogP contribution is 2.13. The first-order chi connectivity index (χ1) is 6.18. The van der Waals surface area contributed by atoms with E-state index in [9.17, 15) is 9.00 Å². The predicted molar refractivity (Wildman–Crippen MR) is 52.1 cm³/mol. The summed E-state index contributed by atoms with van der Waals surface area (Å²) in [5.41, 5.74) is 0. The Balaban J connectivity index is 2.13.